The molecule has 4 nitrogen and oxygen atoms in total. The molecule has 0 bridgehead atoms. The number of carbonyl (C=O) groups excluding carboxylic acids is 1. The maximum Gasteiger partial charge on any atom is 0.293 e. The van der Waals surface area contributed by atoms with Crippen molar-refractivity contribution in [2.75, 3.05) is 5.32 Å². The molecule has 1 saturated carbocycles. The van der Waals surface area contributed by atoms with Crippen molar-refractivity contribution in [3.8, 4) is 0 Å². The first-order valence-corrected chi connectivity index (χ1v) is 10.9. The molecule has 2 heterocycles. The van der Waals surface area contributed by atoms with Crippen LogP contribution < -0.4 is 5.32 Å². The summed E-state index contributed by atoms with van der Waals surface area (Å²) < 4.78 is 5.93. The average Bonchev–Trinajstić information content (AvgIpc) is 3.24. The molecule has 2 aromatic heterocycles. The van der Waals surface area contributed by atoms with Gasteiger partial charge in [-0.3, -0.25) is 10.1 Å². The van der Waals surface area contributed by atoms with Crippen molar-refractivity contribution in [3.05, 3.63) is 46.7 Å². The molecule has 0 aliphatic heterocycles. The Morgan fingerprint density at radius 3 is 2.88 bits per heavy atom. The summed E-state index contributed by atoms with van der Waals surface area (Å²) in [6, 6.07) is 7.91. The Morgan fingerprint density at radius 1 is 1.31 bits per heavy atom. The van der Waals surface area contributed by atoms with Crippen LogP contribution in [0.2, 0.25) is 0 Å². The second-order valence-corrected chi connectivity index (χ2v) is 9.23. The van der Waals surface area contributed by atoms with E-state index in [9.17, 15) is 4.79 Å². The van der Waals surface area contributed by atoms with Crippen molar-refractivity contribution in [2.24, 2.45) is 0 Å². The first kappa shape index (κ1) is 17.6. The second kappa shape index (κ2) is 7.84. The van der Waals surface area contributed by atoms with Crippen molar-refractivity contribution >= 4 is 45.1 Å². The van der Waals surface area contributed by atoms with Crippen molar-refractivity contribution in [1.29, 1.82) is 0 Å². The van der Waals surface area contributed by atoms with E-state index in [-0.39, 0.29) is 5.91 Å². The molecule has 0 unspecified atom stereocenters. The number of amides is 1. The van der Waals surface area contributed by atoms with Crippen molar-refractivity contribution in [2.45, 2.75) is 50.0 Å². The molecule has 0 saturated heterocycles. The van der Waals surface area contributed by atoms with Gasteiger partial charge in [-0.25, -0.2) is 4.98 Å². The molecular weight excluding hydrogens is 364 g/mol. The number of furan rings is 1. The van der Waals surface area contributed by atoms with E-state index in [2.05, 4.69) is 10.3 Å². The lowest BCUT2D eigenvalue weighted by molar-refractivity contribution is 0.0998. The lowest BCUT2D eigenvalue weighted by atomic mass is 10.0. The topological polar surface area (TPSA) is 55.1 Å². The van der Waals surface area contributed by atoms with Crippen molar-refractivity contribution in [3.63, 3.8) is 0 Å². The summed E-state index contributed by atoms with van der Waals surface area (Å²) in [4.78, 5) is 18.1. The molecule has 1 N–H and O–H groups in total. The number of nitrogens with one attached hydrogen (secondary N) is 1. The average molecular weight is 387 g/mol. The molecule has 0 spiro atoms. The Balaban J connectivity index is 1.59. The Labute approximate surface area is 161 Å². The molecule has 1 fully saturated rings. The minimum absolute atomic E-state index is 0.213. The van der Waals surface area contributed by atoms with Crippen LogP contribution in [-0.2, 0) is 5.75 Å². The van der Waals surface area contributed by atoms with Crippen LogP contribution >= 0.6 is 23.1 Å². The monoisotopic (exact) mass is 386 g/mol. The van der Waals surface area contributed by atoms with Crippen LogP contribution in [0.4, 0.5) is 5.13 Å². The van der Waals surface area contributed by atoms with Crippen molar-refractivity contribution < 1.29 is 9.21 Å². The molecule has 6 heteroatoms. The van der Waals surface area contributed by atoms with Gasteiger partial charge in [0.2, 0.25) is 0 Å². The molecule has 4 rings (SSSR count). The van der Waals surface area contributed by atoms with Crippen LogP contribution in [0.25, 0.3) is 11.0 Å². The number of hydrogen-bond donors (Lipinski definition) is 1. The van der Waals surface area contributed by atoms with Crippen molar-refractivity contribution in [1.82, 2.24) is 4.98 Å². The number of nitrogens with zero attached hydrogens (tertiary/aromatic N) is 1. The highest BCUT2D eigenvalue weighted by molar-refractivity contribution is 7.99. The normalized spacial score (nSPS) is 15.4. The van der Waals surface area contributed by atoms with E-state index < -0.39 is 0 Å². The first-order valence-electron chi connectivity index (χ1n) is 9.06. The van der Waals surface area contributed by atoms with Gasteiger partial charge in [-0.05, 0) is 25.8 Å². The summed E-state index contributed by atoms with van der Waals surface area (Å²) in [7, 11) is 0. The van der Waals surface area contributed by atoms with Crippen LogP contribution in [0, 0.1) is 6.92 Å². The molecule has 3 aromatic rings. The van der Waals surface area contributed by atoms with E-state index in [1.54, 1.807) is 6.20 Å². The zero-order valence-corrected chi connectivity index (χ0v) is 16.4. The maximum atomic E-state index is 12.8. The van der Waals surface area contributed by atoms with Crippen LogP contribution in [0.5, 0.6) is 0 Å². The van der Waals surface area contributed by atoms with E-state index in [1.807, 2.05) is 43.0 Å². The summed E-state index contributed by atoms with van der Waals surface area (Å²) in [6.07, 6.45) is 8.31. The maximum absolute atomic E-state index is 12.8. The highest BCUT2D eigenvalue weighted by Crippen LogP contribution is 2.35. The van der Waals surface area contributed by atoms with E-state index in [0.717, 1.165) is 27.2 Å². The van der Waals surface area contributed by atoms with E-state index in [0.29, 0.717) is 16.1 Å². The molecule has 1 aliphatic carbocycles. The molecular formula is C20H22N2O2S2. The Kier molecular flexibility index (Phi) is 5.31. The van der Waals surface area contributed by atoms with Crippen LogP contribution in [0.15, 0.2) is 34.9 Å². The second-order valence-electron chi connectivity index (χ2n) is 6.71. The third-order valence-electron chi connectivity index (χ3n) is 4.76. The highest BCUT2D eigenvalue weighted by Gasteiger charge is 2.23. The van der Waals surface area contributed by atoms with Gasteiger partial charge in [0.05, 0.1) is 0 Å². The summed E-state index contributed by atoms with van der Waals surface area (Å²) in [5.74, 6) is 1.01. The summed E-state index contributed by atoms with van der Waals surface area (Å²) in [6.45, 7) is 1.97. The van der Waals surface area contributed by atoms with E-state index in [4.69, 9.17) is 4.42 Å². The van der Waals surface area contributed by atoms with Gasteiger partial charge in [-0.2, -0.15) is 11.8 Å². The van der Waals surface area contributed by atoms with Gasteiger partial charge in [0.25, 0.3) is 5.91 Å². The summed E-state index contributed by atoms with van der Waals surface area (Å²) in [5.41, 5.74) is 1.77. The van der Waals surface area contributed by atoms with Gasteiger partial charge >= 0.3 is 0 Å². The summed E-state index contributed by atoms with van der Waals surface area (Å²) in [5, 5.41) is 5.22. The van der Waals surface area contributed by atoms with Crippen LogP contribution in [-0.4, -0.2) is 16.1 Å². The van der Waals surface area contributed by atoms with Gasteiger partial charge in [-0.1, -0.05) is 37.5 Å². The van der Waals surface area contributed by atoms with Gasteiger partial charge < -0.3 is 4.42 Å². The number of anilines is 1. The SMILES string of the molecule is Cc1cnc(NC(=O)c2oc3ccccc3c2CSC2CCCCC2)s1. The third kappa shape index (κ3) is 3.81. The number of fused-ring (bicyclic) bond motifs is 1. The molecule has 1 aliphatic rings. The predicted molar refractivity (Wildman–Crippen MR) is 109 cm³/mol. The fourth-order valence-corrected chi connectivity index (χ4v) is 5.44. The number of hydrogen-bond acceptors (Lipinski definition) is 5. The fourth-order valence-electron chi connectivity index (χ4n) is 3.42. The van der Waals surface area contributed by atoms with Gasteiger partial charge in [-0.15, -0.1) is 11.3 Å². The van der Waals surface area contributed by atoms with Gasteiger partial charge in [0.1, 0.15) is 5.58 Å². The largest absolute Gasteiger partial charge is 0.451 e. The molecule has 26 heavy (non-hydrogen) atoms. The Hall–Kier alpha value is -1.79. The van der Waals surface area contributed by atoms with Crippen LogP contribution in [0.1, 0.15) is 53.1 Å². The quantitative estimate of drug-likeness (QED) is 0.583. The van der Waals surface area contributed by atoms with Gasteiger partial charge in [0, 0.05) is 33.0 Å². The first-order chi connectivity index (χ1) is 12.7. The minimum atomic E-state index is -0.213. The van der Waals surface area contributed by atoms with Crippen LogP contribution in [0.3, 0.4) is 0 Å². The summed E-state index contributed by atoms with van der Waals surface area (Å²) >= 11 is 3.43. The third-order valence-corrected chi connectivity index (χ3v) is 6.99. The van der Waals surface area contributed by atoms with E-state index in [1.165, 1.54) is 43.4 Å². The smallest absolute Gasteiger partial charge is 0.293 e. The molecule has 136 valence electrons. The lowest BCUT2D eigenvalue weighted by Gasteiger charge is -2.20. The predicted octanol–water partition coefficient (Wildman–Crippen LogP) is 6.02. The number of aryl methyl sites for hydroxylation is 1. The molecule has 0 atom stereocenters. The fraction of sp³-hybridized carbons (Fsp3) is 0.400. The van der Waals surface area contributed by atoms with Gasteiger partial charge in [0.15, 0.2) is 10.9 Å². The number of para-hydroxylation sites is 1. The Bertz CT molecular complexity index is 910. The number of thioether (sulfide) groups is 1. The standard InChI is InChI=1S/C20H22N2O2S2/c1-13-11-21-20(26-13)22-19(23)18-16(12-25-14-7-3-2-4-8-14)15-9-5-6-10-17(15)24-18/h5-6,9-11,14H,2-4,7-8,12H2,1H3,(H,21,22,23). The minimum Gasteiger partial charge on any atom is -0.451 e. The lowest BCUT2D eigenvalue weighted by Crippen LogP contribution is -2.13. The zero-order chi connectivity index (χ0) is 17.9. The van der Waals surface area contributed by atoms with E-state index >= 15 is 0 Å². The number of carbonyl (C=O) groups is 1. The number of rotatable bonds is 5. The Morgan fingerprint density at radius 2 is 2.12 bits per heavy atom. The molecule has 0 radical (unpaired) electrons. The highest BCUT2D eigenvalue weighted by atomic mass is 32.2. The molecule has 1 aromatic carbocycles. The number of aromatic nitrogens is 1. The zero-order valence-electron chi connectivity index (χ0n) is 14.8. The number of benzene rings is 1. The number of thiazole rings is 1. The molecule has 1 amide bonds.